The third-order valence-corrected chi connectivity index (χ3v) is 4.49. The van der Waals surface area contributed by atoms with Crippen LogP contribution in [-0.4, -0.2) is 26.2 Å². The van der Waals surface area contributed by atoms with Gasteiger partial charge >= 0.3 is 5.97 Å². The lowest BCUT2D eigenvalue weighted by Crippen LogP contribution is -2.17. The first-order valence-corrected chi connectivity index (χ1v) is 7.36. The normalized spacial score (nSPS) is 15.2. The molecule has 0 bridgehead atoms. The number of hydrogen-bond acceptors (Lipinski definition) is 4. The third-order valence-electron chi connectivity index (χ3n) is 2.62. The predicted octanol–water partition coefficient (Wildman–Crippen LogP) is 1.77. The minimum Gasteiger partial charge on any atom is -0.462 e. The van der Waals surface area contributed by atoms with Crippen LogP contribution in [0.4, 0.5) is 5.69 Å². The van der Waals surface area contributed by atoms with E-state index in [0.717, 1.165) is 12.8 Å². The predicted molar refractivity (Wildman–Crippen MR) is 68.0 cm³/mol. The highest BCUT2D eigenvalue weighted by Gasteiger charge is 2.35. The fraction of sp³-hybridized carbons (Fsp3) is 0.417. The Bertz CT molecular complexity index is 532. The van der Waals surface area contributed by atoms with Crippen molar-refractivity contribution in [2.45, 2.75) is 25.0 Å². The van der Waals surface area contributed by atoms with Gasteiger partial charge in [0, 0.05) is 5.69 Å². The van der Waals surface area contributed by atoms with E-state index in [4.69, 9.17) is 4.74 Å². The zero-order valence-corrected chi connectivity index (χ0v) is 10.9. The molecule has 0 radical (unpaired) electrons. The van der Waals surface area contributed by atoms with Crippen LogP contribution in [0.5, 0.6) is 0 Å². The summed E-state index contributed by atoms with van der Waals surface area (Å²) in [7, 11) is -3.25. The Balaban J connectivity index is 2.06. The zero-order valence-electron chi connectivity index (χ0n) is 10.0. The monoisotopic (exact) mass is 269 g/mol. The van der Waals surface area contributed by atoms with Gasteiger partial charge in [0.05, 0.1) is 17.4 Å². The van der Waals surface area contributed by atoms with Gasteiger partial charge in [-0.15, -0.1) is 0 Å². The maximum Gasteiger partial charge on any atom is 0.338 e. The van der Waals surface area contributed by atoms with E-state index in [0.29, 0.717) is 17.9 Å². The minimum absolute atomic E-state index is 0.262. The van der Waals surface area contributed by atoms with Crippen molar-refractivity contribution < 1.29 is 17.9 Å². The molecule has 0 amide bonds. The lowest BCUT2D eigenvalue weighted by molar-refractivity contribution is 0.0526. The Morgan fingerprint density at radius 1 is 1.33 bits per heavy atom. The quantitative estimate of drug-likeness (QED) is 0.827. The zero-order chi connectivity index (χ0) is 13.2. The maximum absolute atomic E-state index is 11.7. The number of carbonyl (C=O) groups is 1. The molecule has 0 saturated heterocycles. The lowest BCUT2D eigenvalue weighted by atomic mass is 10.2. The Hall–Kier alpha value is -1.56. The summed E-state index contributed by atoms with van der Waals surface area (Å²) in [5.41, 5.74) is 0.876. The fourth-order valence-corrected chi connectivity index (χ4v) is 2.90. The number of rotatable bonds is 5. The first kappa shape index (κ1) is 12.9. The number of ether oxygens (including phenoxy) is 1. The summed E-state index contributed by atoms with van der Waals surface area (Å²) >= 11 is 0. The lowest BCUT2D eigenvalue weighted by Gasteiger charge is -2.07. The molecule has 98 valence electrons. The largest absolute Gasteiger partial charge is 0.462 e. The smallest absolute Gasteiger partial charge is 0.338 e. The summed E-state index contributed by atoms with van der Waals surface area (Å²) in [5, 5.41) is -0.262. The first-order chi connectivity index (χ1) is 8.53. The van der Waals surface area contributed by atoms with Crippen LogP contribution in [0.1, 0.15) is 30.1 Å². The minimum atomic E-state index is -3.25. The molecule has 0 heterocycles. The summed E-state index contributed by atoms with van der Waals surface area (Å²) in [4.78, 5) is 11.4. The Kier molecular flexibility index (Phi) is 3.56. The summed E-state index contributed by atoms with van der Waals surface area (Å²) in [6, 6.07) is 6.21. The molecule has 5 nitrogen and oxygen atoms in total. The van der Waals surface area contributed by atoms with Crippen molar-refractivity contribution in [3.8, 4) is 0 Å². The number of esters is 1. The average molecular weight is 269 g/mol. The van der Waals surface area contributed by atoms with Crippen LogP contribution >= 0.6 is 0 Å². The summed E-state index contributed by atoms with van der Waals surface area (Å²) in [6.07, 6.45) is 1.44. The molecule has 1 aliphatic rings. The molecule has 0 aromatic heterocycles. The molecule has 1 N–H and O–H groups in total. The second-order valence-electron chi connectivity index (χ2n) is 4.14. The number of anilines is 1. The second-order valence-corrected chi connectivity index (χ2v) is 6.11. The highest BCUT2D eigenvalue weighted by Crippen LogP contribution is 2.29. The van der Waals surface area contributed by atoms with Crippen LogP contribution in [-0.2, 0) is 14.8 Å². The van der Waals surface area contributed by atoms with E-state index >= 15 is 0 Å². The summed E-state index contributed by atoms with van der Waals surface area (Å²) in [6.45, 7) is 2.05. The van der Waals surface area contributed by atoms with Gasteiger partial charge in [-0.25, -0.2) is 13.2 Å². The molecule has 1 aliphatic carbocycles. The molecule has 1 fully saturated rings. The topological polar surface area (TPSA) is 72.5 Å². The molecule has 6 heteroatoms. The van der Waals surface area contributed by atoms with Crippen molar-refractivity contribution in [2.75, 3.05) is 11.3 Å². The molecular weight excluding hydrogens is 254 g/mol. The standard InChI is InChI=1S/C12H15NO4S/c1-2-17-12(14)9-3-5-10(6-4-9)13-18(15,16)11-7-8-11/h3-6,11,13H,2,7-8H2,1H3. The molecule has 0 atom stereocenters. The maximum atomic E-state index is 11.7. The number of carbonyl (C=O) groups excluding carboxylic acids is 1. The number of hydrogen-bond donors (Lipinski definition) is 1. The summed E-state index contributed by atoms with van der Waals surface area (Å²) in [5.74, 6) is -0.408. The molecule has 1 aromatic rings. The fourth-order valence-electron chi connectivity index (χ4n) is 1.51. The van der Waals surface area contributed by atoms with Gasteiger partial charge in [0.2, 0.25) is 10.0 Å². The van der Waals surface area contributed by atoms with E-state index in [1.807, 2.05) is 0 Å². The molecule has 1 saturated carbocycles. The highest BCUT2D eigenvalue weighted by molar-refractivity contribution is 7.93. The molecule has 1 aromatic carbocycles. The third kappa shape index (κ3) is 3.01. The van der Waals surface area contributed by atoms with Crippen molar-refractivity contribution >= 4 is 21.7 Å². The van der Waals surface area contributed by atoms with E-state index in [-0.39, 0.29) is 5.25 Å². The van der Waals surface area contributed by atoms with Crippen LogP contribution in [0.2, 0.25) is 0 Å². The number of nitrogens with one attached hydrogen (secondary N) is 1. The molecule has 0 spiro atoms. The molecule has 0 aliphatic heterocycles. The van der Waals surface area contributed by atoms with Crippen molar-refractivity contribution in [3.05, 3.63) is 29.8 Å². The van der Waals surface area contributed by atoms with Crippen molar-refractivity contribution in [2.24, 2.45) is 0 Å². The van der Waals surface area contributed by atoms with Crippen molar-refractivity contribution in [1.82, 2.24) is 0 Å². The Labute approximate surface area is 106 Å². The van der Waals surface area contributed by atoms with Crippen LogP contribution in [0.15, 0.2) is 24.3 Å². The van der Waals surface area contributed by atoms with Gasteiger partial charge < -0.3 is 4.74 Å². The van der Waals surface area contributed by atoms with E-state index in [9.17, 15) is 13.2 Å². The van der Waals surface area contributed by atoms with Crippen LogP contribution in [0.3, 0.4) is 0 Å². The van der Waals surface area contributed by atoms with E-state index in [2.05, 4.69) is 4.72 Å². The average Bonchev–Trinajstić information content (AvgIpc) is 3.13. The number of sulfonamides is 1. The van der Waals surface area contributed by atoms with E-state index in [1.165, 1.54) is 0 Å². The van der Waals surface area contributed by atoms with Crippen LogP contribution in [0, 0.1) is 0 Å². The van der Waals surface area contributed by atoms with E-state index < -0.39 is 16.0 Å². The first-order valence-electron chi connectivity index (χ1n) is 5.82. The van der Waals surface area contributed by atoms with Crippen molar-refractivity contribution in [3.63, 3.8) is 0 Å². The van der Waals surface area contributed by atoms with Gasteiger partial charge in [-0.2, -0.15) is 0 Å². The van der Waals surface area contributed by atoms with Gasteiger partial charge in [-0.3, -0.25) is 4.72 Å². The van der Waals surface area contributed by atoms with Crippen molar-refractivity contribution in [1.29, 1.82) is 0 Å². The molecule has 2 rings (SSSR count). The molecular formula is C12H15NO4S. The second kappa shape index (κ2) is 4.97. The number of benzene rings is 1. The molecule has 18 heavy (non-hydrogen) atoms. The summed E-state index contributed by atoms with van der Waals surface area (Å²) < 4.78 is 30.7. The Morgan fingerprint density at radius 2 is 1.94 bits per heavy atom. The van der Waals surface area contributed by atoms with Gasteiger partial charge in [-0.1, -0.05) is 0 Å². The molecule has 0 unspecified atom stereocenters. The van der Waals surface area contributed by atoms with Gasteiger partial charge in [0.15, 0.2) is 0 Å². The highest BCUT2D eigenvalue weighted by atomic mass is 32.2. The SMILES string of the molecule is CCOC(=O)c1ccc(NS(=O)(=O)C2CC2)cc1. The van der Waals surface area contributed by atoms with Crippen LogP contribution in [0.25, 0.3) is 0 Å². The van der Waals surface area contributed by atoms with Crippen LogP contribution < -0.4 is 4.72 Å². The van der Waals surface area contributed by atoms with Gasteiger partial charge in [0.1, 0.15) is 0 Å². The Morgan fingerprint density at radius 3 is 2.44 bits per heavy atom. The van der Waals surface area contributed by atoms with Gasteiger partial charge in [-0.05, 0) is 44.0 Å². The van der Waals surface area contributed by atoms with E-state index in [1.54, 1.807) is 31.2 Å². The van der Waals surface area contributed by atoms with Gasteiger partial charge in [0.25, 0.3) is 0 Å².